The third kappa shape index (κ3) is 1.87. The highest BCUT2D eigenvalue weighted by Crippen LogP contribution is 2.30. The van der Waals surface area contributed by atoms with Gasteiger partial charge in [-0.3, -0.25) is 0 Å². The van der Waals surface area contributed by atoms with Gasteiger partial charge in [0.1, 0.15) is 12.4 Å². The average molecular weight is 233 g/mol. The quantitative estimate of drug-likeness (QED) is 0.753. The zero-order valence-corrected chi connectivity index (χ0v) is 9.76. The molecule has 0 aromatic heterocycles. The molecular formula is C16H11NO. The summed E-state index contributed by atoms with van der Waals surface area (Å²) in [5, 5.41) is 8.90. The molecular weight excluding hydrogens is 222 g/mol. The molecule has 2 heteroatoms. The van der Waals surface area contributed by atoms with E-state index in [0.717, 1.165) is 22.4 Å². The number of nitrogens with zero attached hydrogens (tertiary/aromatic N) is 1. The van der Waals surface area contributed by atoms with Crippen LogP contribution in [0, 0.1) is 11.3 Å². The van der Waals surface area contributed by atoms with Gasteiger partial charge in [-0.25, -0.2) is 0 Å². The molecule has 0 aliphatic carbocycles. The SMILES string of the molecule is N#CC1=Cc2cc(-c3ccccc3)ccc2OC1. The van der Waals surface area contributed by atoms with Crippen molar-refractivity contribution >= 4 is 6.08 Å². The maximum Gasteiger partial charge on any atom is 0.127 e. The van der Waals surface area contributed by atoms with Gasteiger partial charge in [0.05, 0.1) is 11.6 Å². The monoisotopic (exact) mass is 233 g/mol. The van der Waals surface area contributed by atoms with E-state index < -0.39 is 0 Å². The van der Waals surface area contributed by atoms with Crippen LogP contribution in [0.15, 0.2) is 54.1 Å². The molecule has 0 atom stereocenters. The van der Waals surface area contributed by atoms with Gasteiger partial charge in [-0.2, -0.15) is 5.26 Å². The zero-order valence-electron chi connectivity index (χ0n) is 9.76. The maximum absolute atomic E-state index is 8.90. The van der Waals surface area contributed by atoms with Crippen LogP contribution >= 0.6 is 0 Å². The summed E-state index contributed by atoms with van der Waals surface area (Å²) in [4.78, 5) is 0. The summed E-state index contributed by atoms with van der Waals surface area (Å²) in [5.41, 5.74) is 3.93. The van der Waals surface area contributed by atoms with Crippen LogP contribution in [0.4, 0.5) is 0 Å². The minimum absolute atomic E-state index is 0.369. The van der Waals surface area contributed by atoms with Crippen molar-refractivity contribution in [2.45, 2.75) is 0 Å². The van der Waals surface area contributed by atoms with E-state index in [-0.39, 0.29) is 0 Å². The number of hydrogen-bond donors (Lipinski definition) is 0. The van der Waals surface area contributed by atoms with Crippen molar-refractivity contribution < 1.29 is 4.74 Å². The molecule has 0 amide bonds. The molecule has 0 N–H and O–H groups in total. The normalized spacial score (nSPS) is 12.9. The lowest BCUT2D eigenvalue weighted by Crippen LogP contribution is -2.05. The highest BCUT2D eigenvalue weighted by molar-refractivity contribution is 5.73. The van der Waals surface area contributed by atoms with Crippen molar-refractivity contribution in [2.75, 3.05) is 6.61 Å². The Morgan fingerprint density at radius 1 is 1.00 bits per heavy atom. The van der Waals surface area contributed by atoms with Crippen LogP contribution in [-0.4, -0.2) is 6.61 Å². The number of rotatable bonds is 1. The average Bonchev–Trinajstić information content (AvgIpc) is 2.47. The van der Waals surface area contributed by atoms with Crippen LogP contribution in [0.5, 0.6) is 5.75 Å². The van der Waals surface area contributed by atoms with Crippen LogP contribution in [-0.2, 0) is 0 Å². The molecule has 0 spiro atoms. The molecule has 2 aromatic rings. The van der Waals surface area contributed by atoms with Crippen molar-refractivity contribution in [1.82, 2.24) is 0 Å². The van der Waals surface area contributed by atoms with Gasteiger partial charge in [0.15, 0.2) is 0 Å². The largest absolute Gasteiger partial charge is 0.488 e. The molecule has 1 aliphatic heterocycles. The second-order valence-corrected chi connectivity index (χ2v) is 4.19. The van der Waals surface area contributed by atoms with E-state index in [1.54, 1.807) is 0 Å². The molecule has 0 saturated heterocycles. The molecule has 0 fully saturated rings. The number of nitriles is 1. The van der Waals surface area contributed by atoms with E-state index >= 15 is 0 Å². The van der Waals surface area contributed by atoms with E-state index in [0.29, 0.717) is 12.2 Å². The third-order valence-corrected chi connectivity index (χ3v) is 2.97. The molecule has 0 radical (unpaired) electrons. The van der Waals surface area contributed by atoms with Gasteiger partial charge in [-0.15, -0.1) is 0 Å². The second-order valence-electron chi connectivity index (χ2n) is 4.19. The van der Waals surface area contributed by atoms with Gasteiger partial charge >= 0.3 is 0 Å². The molecule has 0 bridgehead atoms. The highest BCUT2D eigenvalue weighted by atomic mass is 16.5. The fraction of sp³-hybridized carbons (Fsp3) is 0.0625. The summed E-state index contributed by atoms with van der Waals surface area (Å²) in [6.07, 6.45) is 1.89. The molecule has 86 valence electrons. The molecule has 2 aromatic carbocycles. The van der Waals surface area contributed by atoms with Crippen LogP contribution < -0.4 is 4.74 Å². The standard InChI is InChI=1S/C16H11NO/c17-10-12-8-15-9-14(6-7-16(15)18-11-12)13-4-2-1-3-5-13/h1-9H,11H2. The van der Waals surface area contributed by atoms with E-state index in [2.05, 4.69) is 24.3 Å². The number of fused-ring (bicyclic) bond motifs is 1. The second kappa shape index (κ2) is 4.38. The first-order valence-corrected chi connectivity index (χ1v) is 5.80. The van der Waals surface area contributed by atoms with E-state index in [9.17, 15) is 0 Å². The molecule has 0 unspecified atom stereocenters. The highest BCUT2D eigenvalue weighted by Gasteiger charge is 2.11. The van der Waals surface area contributed by atoms with Gasteiger partial charge in [-0.1, -0.05) is 36.4 Å². The fourth-order valence-electron chi connectivity index (χ4n) is 2.05. The number of benzene rings is 2. The predicted molar refractivity (Wildman–Crippen MR) is 71.0 cm³/mol. The maximum atomic E-state index is 8.90. The van der Waals surface area contributed by atoms with E-state index in [1.807, 2.05) is 36.4 Å². The number of ether oxygens (including phenoxy) is 1. The molecule has 0 saturated carbocycles. The minimum atomic E-state index is 0.369. The van der Waals surface area contributed by atoms with Crippen LogP contribution in [0.2, 0.25) is 0 Å². The Morgan fingerprint density at radius 2 is 1.83 bits per heavy atom. The van der Waals surface area contributed by atoms with Crippen LogP contribution in [0.3, 0.4) is 0 Å². The number of hydrogen-bond acceptors (Lipinski definition) is 2. The fourth-order valence-corrected chi connectivity index (χ4v) is 2.05. The topological polar surface area (TPSA) is 33.0 Å². The van der Waals surface area contributed by atoms with Gasteiger partial charge in [0, 0.05) is 5.56 Å². The van der Waals surface area contributed by atoms with Crippen molar-refractivity contribution in [3.05, 3.63) is 59.7 Å². The molecule has 1 aliphatic rings. The van der Waals surface area contributed by atoms with Crippen molar-refractivity contribution in [3.8, 4) is 22.9 Å². The molecule has 18 heavy (non-hydrogen) atoms. The van der Waals surface area contributed by atoms with Crippen molar-refractivity contribution in [2.24, 2.45) is 0 Å². The summed E-state index contributed by atoms with van der Waals surface area (Å²) in [6, 6.07) is 18.4. The Balaban J connectivity index is 2.08. The summed E-state index contributed by atoms with van der Waals surface area (Å²) in [5.74, 6) is 0.841. The van der Waals surface area contributed by atoms with Gasteiger partial charge in [-0.05, 0) is 29.3 Å². The Morgan fingerprint density at radius 3 is 2.61 bits per heavy atom. The Kier molecular flexibility index (Phi) is 2.59. The first kappa shape index (κ1) is 10.6. The van der Waals surface area contributed by atoms with Crippen molar-refractivity contribution in [1.29, 1.82) is 5.26 Å². The molecule has 1 heterocycles. The summed E-state index contributed by atoms with van der Waals surface area (Å²) in [7, 11) is 0. The first-order valence-electron chi connectivity index (χ1n) is 5.80. The Labute approximate surface area is 106 Å². The summed E-state index contributed by atoms with van der Waals surface area (Å²) >= 11 is 0. The van der Waals surface area contributed by atoms with Gasteiger partial charge in [0.2, 0.25) is 0 Å². The first-order chi connectivity index (χ1) is 8.86. The van der Waals surface area contributed by atoms with Crippen LogP contribution in [0.25, 0.3) is 17.2 Å². The van der Waals surface area contributed by atoms with E-state index in [4.69, 9.17) is 10.00 Å². The zero-order chi connectivity index (χ0) is 12.4. The lowest BCUT2D eigenvalue weighted by atomic mass is 10.0. The third-order valence-electron chi connectivity index (χ3n) is 2.97. The Hall–Kier alpha value is -2.53. The minimum Gasteiger partial charge on any atom is -0.488 e. The van der Waals surface area contributed by atoms with E-state index in [1.165, 1.54) is 0 Å². The Bertz CT molecular complexity index is 651. The van der Waals surface area contributed by atoms with Crippen LogP contribution in [0.1, 0.15) is 5.56 Å². The van der Waals surface area contributed by atoms with Gasteiger partial charge < -0.3 is 4.74 Å². The molecule has 2 nitrogen and oxygen atoms in total. The predicted octanol–water partition coefficient (Wildman–Crippen LogP) is 3.65. The summed E-state index contributed by atoms with van der Waals surface area (Å²) < 4.78 is 5.53. The lowest BCUT2D eigenvalue weighted by Gasteiger charge is -2.15. The van der Waals surface area contributed by atoms with Crippen molar-refractivity contribution in [3.63, 3.8) is 0 Å². The summed E-state index contributed by atoms with van der Waals surface area (Å²) in [6.45, 7) is 0.369. The molecule has 3 rings (SSSR count). The lowest BCUT2D eigenvalue weighted by molar-refractivity contribution is 0.352. The van der Waals surface area contributed by atoms with Gasteiger partial charge in [0.25, 0.3) is 0 Å². The smallest absolute Gasteiger partial charge is 0.127 e.